The van der Waals surface area contributed by atoms with E-state index in [9.17, 15) is 10.1 Å². The van der Waals surface area contributed by atoms with E-state index in [2.05, 4.69) is 12.2 Å². The first kappa shape index (κ1) is 11.7. The maximum absolute atomic E-state index is 10.6. The second-order valence-corrected chi connectivity index (χ2v) is 4.56. The van der Waals surface area contributed by atoms with Gasteiger partial charge in [0, 0.05) is 12.1 Å². The fraction of sp³-hybridized carbons (Fsp3) is 0.500. The lowest BCUT2D eigenvalue weighted by molar-refractivity contribution is -0.384. The van der Waals surface area contributed by atoms with Crippen molar-refractivity contribution in [2.75, 3.05) is 12.4 Å². The third-order valence-electron chi connectivity index (χ3n) is 3.13. The first-order valence-electron chi connectivity index (χ1n) is 5.69. The summed E-state index contributed by atoms with van der Waals surface area (Å²) in [6.45, 7) is 2.21. The first-order chi connectivity index (χ1) is 8.10. The van der Waals surface area contributed by atoms with E-state index in [1.54, 1.807) is 6.07 Å². The lowest BCUT2D eigenvalue weighted by Crippen LogP contribution is -2.33. The number of hydrogen-bond donors (Lipinski definition) is 1. The van der Waals surface area contributed by atoms with E-state index in [0.29, 0.717) is 11.8 Å². The average Bonchev–Trinajstić information content (AvgIpc) is 2.27. The van der Waals surface area contributed by atoms with Gasteiger partial charge in [0.2, 0.25) is 0 Å². The zero-order valence-corrected chi connectivity index (χ0v) is 9.97. The van der Waals surface area contributed by atoms with Crippen molar-refractivity contribution >= 4 is 11.4 Å². The van der Waals surface area contributed by atoms with Crippen LogP contribution in [0.2, 0.25) is 0 Å². The molecule has 0 heterocycles. The Labute approximate surface area is 99.9 Å². The summed E-state index contributed by atoms with van der Waals surface area (Å²) in [5, 5.41) is 14.0. The number of benzene rings is 1. The van der Waals surface area contributed by atoms with E-state index < -0.39 is 4.92 Å². The number of nitro groups is 1. The highest BCUT2D eigenvalue weighted by atomic mass is 16.6. The van der Waals surface area contributed by atoms with E-state index in [4.69, 9.17) is 4.74 Å². The normalized spacial score (nSPS) is 22.7. The van der Waals surface area contributed by atoms with Gasteiger partial charge in [-0.15, -0.1) is 0 Å². The Bertz CT molecular complexity index is 428. The molecular formula is C12H16N2O3. The lowest BCUT2D eigenvalue weighted by Gasteiger charge is -2.34. The Morgan fingerprint density at radius 2 is 2.18 bits per heavy atom. The number of rotatable bonds is 4. The van der Waals surface area contributed by atoms with E-state index in [1.165, 1.54) is 19.2 Å². The molecule has 0 amide bonds. The Hall–Kier alpha value is -1.78. The second kappa shape index (κ2) is 4.61. The molecule has 1 N–H and O–H groups in total. The van der Waals surface area contributed by atoms with Crippen molar-refractivity contribution in [2.24, 2.45) is 5.92 Å². The van der Waals surface area contributed by atoms with Gasteiger partial charge in [0.1, 0.15) is 5.75 Å². The molecule has 0 radical (unpaired) electrons. The van der Waals surface area contributed by atoms with Crippen LogP contribution in [0.5, 0.6) is 5.75 Å². The van der Waals surface area contributed by atoms with E-state index >= 15 is 0 Å². The summed E-state index contributed by atoms with van der Waals surface area (Å²) >= 11 is 0. The zero-order valence-electron chi connectivity index (χ0n) is 9.97. The molecule has 1 aromatic rings. The minimum Gasteiger partial charge on any atom is -0.494 e. The number of non-ortho nitro benzene ring substituents is 1. The summed E-state index contributed by atoms with van der Waals surface area (Å²) < 4.78 is 5.17. The first-order valence-corrected chi connectivity index (χ1v) is 5.69. The molecule has 0 atom stereocenters. The Balaban J connectivity index is 2.13. The monoisotopic (exact) mass is 236 g/mol. The summed E-state index contributed by atoms with van der Waals surface area (Å²) in [6.07, 6.45) is 2.28. The molecule has 0 bridgehead atoms. The van der Waals surface area contributed by atoms with Gasteiger partial charge in [0.25, 0.3) is 5.69 Å². The van der Waals surface area contributed by atoms with Crippen molar-refractivity contribution in [3.05, 3.63) is 28.3 Å². The van der Waals surface area contributed by atoms with Gasteiger partial charge in [-0.3, -0.25) is 10.1 Å². The minimum atomic E-state index is -0.419. The highest BCUT2D eigenvalue weighted by Crippen LogP contribution is 2.34. The number of ether oxygens (including phenoxy) is 1. The van der Waals surface area contributed by atoms with Gasteiger partial charge in [-0.25, -0.2) is 0 Å². The molecule has 17 heavy (non-hydrogen) atoms. The molecule has 92 valence electrons. The third kappa shape index (κ3) is 2.49. The van der Waals surface area contributed by atoms with Crippen LogP contribution < -0.4 is 10.1 Å². The van der Waals surface area contributed by atoms with Crippen LogP contribution in [0, 0.1) is 16.0 Å². The number of nitrogens with one attached hydrogen (secondary N) is 1. The average molecular weight is 236 g/mol. The Morgan fingerprint density at radius 1 is 1.47 bits per heavy atom. The second-order valence-electron chi connectivity index (χ2n) is 4.56. The van der Waals surface area contributed by atoms with Crippen LogP contribution in [0.15, 0.2) is 18.2 Å². The van der Waals surface area contributed by atoms with Gasteiger partial charge in [0.15, 0.2) is 0 Å². The molecule has 1 fully saturated rings. The third-order valence-corrected chi connectivity index (χ3v) is 3.13. The van der Waals surface area contributed by atoms with Crippen molar-refractivity contribution in [2.45, 2.75) is 25.8 Å². The van der Waals surface area contributed by atoms with Crippen molar-refractivity contribution in [3.8, 4) is 5.75 Å². The molecule has 1 aliphatic carbocycles. The molecule has 2 rings (SSSR count). The highest BCUT2D eigenvalue weighted by molar-refractivity contribution is 5.61. The van der Waals surface area contributed by atoms with Crippen LogP contribution in [0.4, 0.5) is 11.4 Å². The molecule has 0 aliphatic heterocycles. The van der Waals surface area contributed by atoms with Crippen LogP contribution in [-0.2, 0) is 0 Å². The van der Waals surface area contributed by atoms with E-state index in [-0.39, 0.29) is 5.69 Å². The van der Waals surface area contributed by atoms with Crippen molar-refractivity contribution in [1.29, 1.82) is 0 Å². The van der Waals surface area contributed by atoms with Gasteiger partial charge in [-0.1, -0.05) is 6.92 Å². The fourth-order valence-corrected chi connectivity index (χ4v) is 2.15. The molecule has 0 unspecified atom stereocenters. The highest BCUT2D eigenvalue weighted by Gasteiger charge is 2.26. The molecule has 5 heteroatoms. The Kier molecular flexibility index (Phi) is 3.17. The van der Waals surface area contributed by atoms with Gasteiger partial charge in [0.05, 0.1) is 23.8 Å². The maximum Gasteiger partial charge on any atom is 0.273 e. The molecule has 1 saturated carbocycles. The van der Waals surface area contributed by atoms with Gasteiger partial charge in [-0.2, -0.15) is 0 Å². The Morgan fingerprint density at radius 3 is 2.71 bits per heavy atom. The lowest BCUT2D eigenvalue weighted by atomic mass is 9.82. The van der Waals surface area contributed by atoms with Crippen molar-refractivity contribution < 1.29 is 9.66 Å². The molecule has 0 spiro atoms. The summed E-state index contributed by atoms with van der Waals surface area (Å²) in [7, 11) is 1.52. The predicted molar refractivity (Wildman–Crippen MR) is 65.5 cm³/mol. The summed E-state index contributed by atoms with van der Waals surface area (Å²) in [5.74, 6) is 1.29. The number of nitro benzene ring substituents is 1. The topological polar surface area (TPSA) is 64.4 Å². The quantitative estimate of drug-likeness (QED) is 0.645. The molecule has 5 nitrogen and oxygen atoms in total. The zero-order chi connectivity index (χ0) is 12.4. The largest absolute Gasteiger partial charge is 0.494 e. The number of methoxy groups -OCH3 is 1. The molecule has 0 aromatic heterocycles. The van der Waals surface area contributed by atoms with E-state index in [0.717, 1.165) is 24.4 Å². The standard InChI is InChI=1S/C12H16N2O3/c1-8-5-9(6-8)13-11-4-3-10(14(15)16)7-12(11)17-2/h3-4,7-9,13H,5-6H2,1-2H3. The summed E-state index contributed by atoms with van der Waals surface area (Å²) in [6, 6.07) is 5.11. The van der Waals surface area contributed by atoms with Gasteiger partial charge in [-0.05, 0) is 24.8 Å². The molecule has 1 aromatic carbocycles. The smallest absolute Gasteiger partial charge is 0.273 e. The maximum atomic E-state index is 10.6. The van der Waals surface area contributed by atoms with Crippen molar-refractivity contribution in [3.63, 3.8) is 0 Å². The summed E-state index contributed by atoms with van der Waals surface area (Å²) in [4.78, 5) is 10.2. The summed E-state index contributed by atoms with van der Waals surface area (Å²) in [5.41, 5.74) is 0.879. The van der Waals surface area contributed by atoms with Gasteiger partial charge < -0.3 is 10.1 Å². The number of hydrogen-bond acceptors (Lipinski definition) is 4. The number of anilines is 1. The van der Waals surface area contributed by atoms with Crippen molar-refractivity contribution in [1.82, 2.24) is 0 Å². The molecule has 1 aliphatic rings. The minimum absolute atomic E-state index is 0.0503. The predicted octanol–water partition coefficient (Wildman–Crippen LogP) is 2.81. The van der Waals surface area contributed by atoms with Crippen LogP contribution in [0.25, 0.3) is 0 Å². The van der Waals surface area contributed by atoms with E-state index in [1.807, 2.05) is 0 Å². The van der Waals surface area contributed by atoms with Crippen LogP contribution in [-0.4, -0.2) is 18.1 Å². The molecular weight excluding hydrogens is 220 g/mol. The fourth-order valence-electron chi connectivity index (χ4n) is 2.15. The van der Waals surface area contributed by atoms with Crippen LogP contribution >= 0.6 is 0 Å². The number of nitrogens with zero attached hydrogens (tertiary/aromatic N) is 1. The van der Waals surface area contributed by atoms with Crippen LogP contribution in [0.3, 0.4) is 0 Å². The SMILES string of the molecule is COc1cc([N+](=O)[O-])ccc1NC1CC(C)C1. The van der Waals surface area contributed by atoms with Gasteiger partial charge >= 0.3 is 0 Å². The molecule has 0 saturated heterocycles. The van der Waals surface area contributed by atoms with Crippen LogP contribution in [0.1, 0.15) is 19.8 Å².